The topological polar surface area (TPSA) is 80.9 Å². The number of carbonyl (C=O) groups is 1. The minimum Gasteiger partial charge on any atom is -0.493 e. The van der Waals surface area contributed by atoms with Gasteiger partial charge >= 0.3 is 0 Å². The summed E-state index contributed by atoms with van der Waals surface area (Å²) in [6.07, 6.45) is 2.08. The molecule has 0 saturated carbocycles. The van der Waals surface area contributed by atoms with E-state index in [1.807, 2.05) is 6.07 Å². The second-order valence-electron chi connectivity index (χ2n) is 5.90. The first-order valence-electron chi connectivity index (χ1n) is 7.66. The molecule has 1 amide bonds. The molecule has 6 nitrogen and oxygen atoms in total. The molecule has 2 N–H and O–H groups in total. The van der Waals surface area contributed by atoms with Gasteiger partial charge in [-0.2, -0.15) is 0 Å². The van der Waals surface area contributed by atoms with Gasteiger partial charge in [-0.25, -0.2) is 0 Å². The normalized spacial score (nSPS) is 13.2. The number of amides is 1. The molecule has 0 spiro atoms. The highest BCUT2D eigenvalue weighted by molar-refractivity contribution is 5.78. The number of aliphatic hydroxyl groups is 1. The smallest absolute Gasteiger partial charge is 0.224 e. The summed E-state index contributed by atoms with van der Waals surface area (Å²) in [5.41, 5.74) is -0.277. The zero-order chi connectivity index (χ0) is 17.6. The molecule has 1 aromatic heterocycles. The van der Waals surface area contributed by atoms with E-state index in [2.05, 4.69) is 5.32 Å². The first-order chi connectivity index (χ1) is 11.4. The van der Waals surface area contributed by atoms with Crippen LogP contribution in [0.25, 0.3) is 0 Å². The Balaban J connectivity index is 1.89. The fourth-order valence-electron chi connectivity index (χ4n) is 2.38. The predicted molar refractivity (Wildman–Crippen MR) is 89.3 cm³/mol. The standard InChI is InChI=1S/C18H23NO5/c1-18(21,11-14-5-4-8-24-14)12-19-17(20)10-13-6-7-15(22-2)16(9-13)23-3/h4-9,21H,10-12H2,1-3H3,(H,19,20). The lowest BCUT2D eigenvalue weighted by Gasteiger charge is -2.22. The molecule has 0 aliphatic carbocycles. The monoisotopic (exact) mass is 333 g/mol. The van der Waals surface area contributed by atoms with Crippen LogP contribution in [0.3, 0.4) is 0 Å². The van der Waals surface area contributed by atoms with Crippen LogP contribution >= 0.6 is 0 Å². The molecule has 2 rings (SSSR count). The third-order valence-corrected chi connectivity index (χ3v) is 3.61. The number of benzene rings is 1. The number of carbonyl (C=O) groups excluding carboxylic acids is 1. The van der Waals surface area contributed by atoms with Crippen LogP contribution in [-0.2, 0) is 17.6 Å². The van der Waals surface area contributed by atoms with Gasteiger partial charge in [0.1, 0.15) is 5.76 Å². The fourth-order valence-corrected chi connectivity index (χ4v) is 2.38. The van der Waals surface area contributed by atoms with Gasteiger partial charge in [-0.15, -0.1) is 0 Å². The molecule has 2 aromatic rings. The van der Waals surface area contributed by atoms with Crippen molar-refractivity contribution < 1.29 is 23.8 Å². The van der Waals surface area contributed by atoms with Crippen LogP contribution in [-0.4, -0.2) is 37.4 Å². The molecule has 1 unspecified atom stereocenters. The number of rotatable bonds is 8. The second-order valence-corrected chi connectivity index (χ2v) is 5.90. The molecular weight excluding hydrogens is 310 g/mol. The third-order valence-electron chi connectivity index (χ3n) is 3.61. The molecule has 0 saturated heterocycles. The van der Waals surface area contributed by atoms with E-state index in [0.29, 0.717) is 23.7 Å². The largest absolute Gasteiger partial charge is 0.493 e. The Kier molecular flexibility index (Phi) is 5.87. The highest BCUT2D eigenvalue weighted by atomic mass is 16.5. The van der Waals surface area contributed by atoms with Gasteiger partial charge in [0.15, 0.2) is 11.5 Å². The summed E-state index contributed by atoms with van der Waals surface area (Å²) in [5.74, 6) is 1.69. The van der Waals surface area contributed by atoms with Crippen molar-refractivity contribution in [2.24, 2.45) is 0 Å². The van der Waals surface area contributed by atoms with E-state index in [1.54, 1.807) is 51.7 Å². The molecule has 0 aliphatic rings. The summed E-state index contributed by atoms with van der Waals surface area (Å²) in [4.78, 5) is 12.1. The average molecular weight is 333 g/mol. The summed E-state index contributed by atoms with van der Waals surface area (Å²) < 4.78 is 15.6. The maximum Gasteiger partial charge on any atom is 0.224 e. The minimum absolute atomic E-state index is 0.139. The first-order valence-corrected chi connectivity index (χ1v) is 7.66. The van der Waals surface area contributed by atoms with Gasteiger partial charge in [-0.3, -0.25) is 4.79 Å². The predicted octanol–water partition coefficient (Wildman–Crippen LogP) is 1.95. The second kappa shape index (κ2) is 7.88. The molecule has 24 heavy (non-hydrogen) atoms. The molecule has 130 valence electrons. The van der Waals surface area contributed by atoms with E-state index in [4.69, 9.17) is 13.9 Å². The Labute approximate surface area is 141 Å². The summed E-state index contributed by atoms with van der Waals surface area (Å²) >= 11 is 0. The zero-order valence-electron chi connectivity index (χ0n) is 14.2. The molecule has 1 aromatic carbocycles. The number of furan rings is 1. The molecule has 0 aliphatic heterocycles. The van der Waals surface area contributed by atoms with E-state index in [1.165, 1.54) is 0 Å². The van der Waals surface area contributed by atoms with Crippen molar-refractivity contribution in [1.29, 1.82) is 0 Å². The van der Waals surface area contributed by atoms with Gasteiger partial charge in [0.05, 0.1) is 32.5 Å². The van der Waals surface area contributed by atoms with E-state index in [-0.39, 0.29) is 18.9 Å². The lowest BCUT2D eigenvalue weighted by molar-refractivity contribution is -0.121. The van der Waals surface area contributed by atoms with Gasteiger partial charge in [0, 0.05) is 13.0 Å². The zero-order valence-corrected chi connectivity index (χ0v) is 14.2. The van der Waals surface area contributed by atoms with Crippen molar-refractivity contribution in [3.05, 3.63) is 47.9 Å². The third kappa shape index (κ3) is 5.03. The Morgan fingerprint density at radius 2 is 2.00 bits per heavy atom. The molecule has 0 fully saturated rings. The van der Waals surface area contributed by atoms with Crippen LogP contribution in [0.2, 0.25) is 0 Å². The van der Waals surface area contributed by atoms with Crippen LogP contribution in [0.15, 0.2) is 41.0 Å². The Bertz CT molecular complexity index is 664. The number of methoxy groups -OCH3 is 2. The Hall–Kier alpha value is -2.47. The maximum atomic E-state index is 12.1. The molecule has 6 heteroatoms. The fraction of sp³-hybridized carbons (Fsp3) is 0.389. The number of nitrogens with one attached hydrogen (secondary N) is 1. The quantitative estimate of drug-likeness (QED) is 0.772. The lowest BCUT2D eigenvalue weighted by Crippen LogP contribution is -2.42. The van der Waals surface area contributed by atoms with Gasteiger partial charge in [0.25, 0.3) is 0 Å². The van der Waals surface area contributed by atoms with Crippen molar-refractivity contribution in [3.63, 3.8) is 0 Å². The summed E-state index contributed by atoms with van der Waals surface area (Å²) in [5, 5.41) is 13.1. The van der Waals surface area contributed by atoms with E-state index in [9.17, 15) is 9.90 Å². The Morgan fingerprint density at radius 1 is 1.25 bits per heavy atom. The van der Waals surface area contributed by atoms with Gasteiger partial charge in [-0.1, -0.05) is 6.07 Å². The SMILES string of the molecule is COc1ccc(CC(=O)NCC(C)(O)Cc2ccco2)cc1OC. The summed E-state index contributed by atoms with van der Waals surface area (Å²) in [7, 11) is 3.11. The first kappa shape index (κ1) is 17.9. The molecule has 1 atom stereocenters. The molecule has 1 heterocycles. The summed E-state index contributed by atoms with van der Waals surface area (Å²) in [6, 6.07) is 8.89. The van der Waals surface area contributed by atoms with Crippen LogP contribution in [0, 0.1) is 0 Å². The molecule has 0 bridgehead atoms. The number of hydrogen-bond donors (Lipinski definition) is 2. The van der Waals surface area contributed by atoms with Crippen molar-refractivity contribution in [2.75, 3.05) is 20.8 Å². The van der Waals surface area contributed by atoms with Crippen molar-refractivity contribution >= 4 is 5.91 Å². The van der Waals surface area contributed by atoms with Gasteiger partial charge in [0.2, 0.25) is 5.91 Å². The molecular formula is C18H23NO5. The number of ether oxygens (including phenoxy) is 2. The van der Waals surface area contributed by atoms with Crippen molar-refractivity contribution in [1.82, 2.24) is 5.32 Å². The number of hydrogen-bond acceptors (Lipinski definition) is 5. The highest BCUT2D eigenvalue weighted by Crippen LogP contribution is 2.27. The van der Waals surface area contributed by atoms with Crippen LogP contribution in [0.1, 0.15) is 18.2 Å². The lowest BCUT2D eigenvalue weighted by atomic mass is 10.0. The van der Waals surface area contributed by atoms with Crippen LogP contribution in [0.5, 0.6) is 11.5 Å². The van der Waals surface area contributed by atoms with E-state index < -0.39 is 5.60 Å². The molecule has 0 radical (unpaired) electrons. The van der Waals surface area contributed by atoms with Gasteiger partial charge in [-0.05, 0) is 36.8 Å². The van der Waals surface area contributed by atoms with Crippen molar-refractivity contribution in [2.45, 2.75) is 25.4 Å². The Morgan fingerprint density at radius 3 is 2.62 bits per heavy atom. The van der Waals surface area contributed by atoms with E-state index >= 15 is 0 Å². The summed E-state index contributed by atoms with van der Waals surface area (Å²) in [6.45, 7) is 1.80. The van der Waals surface area contributed by atoms with E-state index in [0.717, 1.165) is 5.56 Å². The van der Waals surface area contributed by atoms with Crippen LogP contribution < -0.4 is 14.8 Å². The van der Waals surface area contributed by atoms with Gasteiger partial charge < -0.3 is 24.3 Å². The van der Waals surface area contributed by atoms with Crippen LogP contribution in [0.4, 0.5) is 0 Å². The van der Waals surface area contributed by atoms with Crippen molar-refractivity contribution in [3.8, 4) is 11.5 Å². The average Bonchev–Trinajstić information content (AvgIpc) is 3.05. The highest BCUT2D eigenvalue weighted by Gasteiger charge is 2.23. The minimum atomic E-state index is -1.08. The maximum absolute atomic E-state index is 12.1.